The standard InChI is InChI=1S/C31H29N3O5S2/c1-4-15-39-22-13-11-21(12-14-22)23-17-40-29(25(23)31(37)38-5-2)33-27(35)26-19(3)24-28(41-26)32-18-34(30(24)36)16-20-9-7-6-8-10-20/h6-14,17-18H,4-5,15-16H2,1-3H3,(H,33,35). The van der Waals surface area contributed by atoms with Crippen LogP contribution >= 0.6 is 22.7 Å². The first-order chi connectivity index (χ1) is 19.9. The molecule has 0 fully saturated rings. The number of fused-ring (bicyclic) bond motifs is 1. The summed E-state index contributed by atoms with van der Waals surface area (Å²) in [5.74, 6) is -0.195. The summed E-state index contributed by atoms with van der Waals surface area (Å²) in [6.07, 6.45) is 2.42. The van der Waals surface area contributed by atoms with Gasteiger partial charge in [0.15, 0.2) is 0 Å². The molecule has 3 aromatic heterocycles. The van der Waals surface area contributed by atoms with Crippen molar-refractivity contribution in [3.8, 4) is 16.9 Å². The van der Waals surface area contributed by atoms with E-state index in [9.17, 15) is 14.4 Å². The van der Waals surface area contributed by atoms with Gasteiger partial charge in [0.1, 0.15) is 21.1 Å². The predicted molar refractivity (Wildman–Crippen MR) is 164 cm³/mol. The Labute approximate surface area is 245 Å². The quantitative estimate of drug-likeness (QED) is 0.181. The number of benzene rings is 2. The normalized spacial score (nSPS) is 11.0. The third-order valence-electron chi connectivity index (χ3n) is 6.46. The molecule has 210 valence electrons. The molecular weight excluding hydrogens is 558 g/mol. The summed E-state index contributed by atoms with van der Waals surface area (Å²) in [7, 11) is 0. The lowest BCUT2D eigenvalue weighted by atomic mass is 10.0. The minimum atomic E-state index is -0.524. The van der Waals surface area contributed by atoms with Gasteiger partial charge in [0, 0.05) is 10.9 Å². The van der Waals surface area contributed by atoms with E-state index in [1.165, 1.54) is 17.7 Å². The number of aromatic nitrogens is 2. The third kappa shape index (κ3) is 5.94. The molecule has 0 unspecified atom stereocenters. The molecule has 0 saturated carbocycles. The number of amides is 1. The zero-order valence-corrected chi connectivity index (χ0v) is 24.6. The number of ether oxygens (including phenoxy) is 2. The van der Waals surface area contributed by atoms with Gasteiger partial charge >= 0.3 is 5.97 Å². The molecular formula is C31H29N3O5S2. The van der Waals surface area contributed by atoms with Gasteiger partial charge in [0.05, 0.1) is 36.3 Å². The molecule has 0 atom stereocenters. The molecule has 10 heteroatoms. The van der Waals surface area contributed by atoms with Crippen LogP contribution in [0.2, 0.25) is 0 Å². The summed E-state index contributed by atoms with van der Waals surface area (Å²) >= 11 is 2.40. The van der Waals surface area contributed by atoms with Crippen LogP contribution in [-0.2, 0) is 11.3 Å². The van der Waals surface area contributed by atoms with Gasteiger partial charge in [-0.05, 0) is 49.1 Å². The maximum atomic E-state index is 13.5. The Hall–Kier alpha value is -4.28. The number of hydrogen-bond acceptors (Lipinski definition) is 8. The lowest BCUT2D eigenvalue weighted by molar-refractivity contribution is 0.0529. The molecule has 3 heterocycles. The van der Waals surface area contributed by atoms with Gasteiger partial charge < -0.3 is 14.8 Å². The Morgan fingerprint density at radius 3 is 2.51 bits per heavy atom. The third-order valence-corrected chi connectivity index (χ3v) is 8.55. The molecule has 0 bridgehead atoms. The van der Waals surface area contributed by atoms with E-state index in [0.29, 0.717) is 44.4 Å². The number of nitrogens with zero attached hydrogens (tertiary/aromatic N) is 2. The van der Waals surface area contributed by atoms with E-state index in [1.54, 1.807) is 18.4 Å². The number of nitrogens with one attached hydrogen (secondary N) is 1. The van der Waals surface area contributed by atoms with Crippen LogP contribution in [0.5, 0.6) is 5.75 Å². The van der Waals surface area contributed by atoms with Crippen LogP contribution in [0.4, 0.5) is 5.00 Å². The molecule has 2 aromatic carbocycles. The number of rotatable bonds is 10. The number of carbonyl (C=O) groups excluding carboxylic acids is 2. The fraction of sp³-hybridized carbons (Fsp3) is 0.226. The summed E-state index contributed by atoms with van der Waals surface area (Å²) < 4.78 is 12.6. The van der Waals surface area contributed by atoms with E-state index in [4.69, 9.17) is 9.47 Å². The van der Waals surface area contributed by atoms with Crippen LogP contribution < -0.4 is 15.6 Å². The molecule has 0 aliphatic heterocycles. The van der Waals surface area contributed by atoms with E-state index in [0.717, 1.165) is 34.6 Å². The van der Waals surface area contributed by atoms with Gasteiger partial charge in [0.25, 0.3) is 11.5 Å². The second-order valence-electron chi connectivity index (χ2n) is 9.30. The number of esters is 1. The highest BCUT2D eigenvalue weighted by Gasteiger charge is 2.25. The summed E-state index contributed by atoms with van der Waals surface area (Å²) in [4.78, 5) is 45.2. The molecule has 1 N–H and O–H groups in total. The van der Waals surface area contributed by atoms with Crippen LogP contribution in [0, 0.1) is 6.92 Å². The molecule has 5 aromatic rings. The number of anilines is 1. The average Bonchev–Trinajstić information content (AvgIpc) is 3.55. The minimum absolute atomic E-state index is 0.196. The molecule has 0 aliphatic rings. The van der Waals surface area contributed by atoms with E-state index in [2.05, 4.69) is 10.3 Å². The van der Waals surface area contributed by atoms with Crippen LogP contribution in [0.3, 0.4) is 0 Å². The van der Waals surface area contributed by atoms with Crippen LogP contribution in [0.15, 0.2) is 71.1 Å². The summed E-state index contributed by atoms with van der Waals surface area (Å²) in [6.45, 7) is 6.72. The van der Waals surface area contributed by atoms with Crippen molar-refractivity contribution >= 4 is 49.8 Å². The summed E-state index contributed by atoms with van der Waals surface area (Å²) in [5.41, 5.74) is 3.07. The van der Waals surface area contributed by atoms with E-state index in [-0.39, 0.29) is 17.7 Å². The predicted octanol–water partition coefficient (Wildman–Crippen LogP) is 6.76. The fourth-order valence-electron chi connectivity index (χ4n) is 4.45. The second kappa shape index (κ2) is 12.5. The fourth-order valence-corrected chi connectivity index (χ4v) is 6.43. The maximum Gasteiger partial charge on any atom is 0.341 e. The van der Waals surface area contributed by atoms with Crippen molar-refractivity contribution in [3.63, 3.8) is 0 Å². The van der Waals surface area contributed by atoms with Crippen LogP contribution in [0.1, 0.15) is 51.4 Å². The molecule has 0 saturated heterocycles. The highest BCUT2D eigenvalue weighted by atomic mass is 32.1. The summed E-state index contributed by atoms with van der Waals surface area (Å²) in [6, 6.07) is 17.1. The van der Waals surface area contributed by atoms with Crippen molar-refractivity contribution in [2.75, 3.05) is 18.5 Å². The van der Waals surface area contributed by atoms with Crippen molar-refractivity contribution in [1.29, 1.82) is 0 Å². The van der Waals surface area contributed by atoms with Crippen molar-refractivity contribution in [2.45, 2.75) is 33.7 Å². The second-order valence-corrected chi connectivity index (χ2v) is 11.2. The lowest BCUT2D eigenvalue weighted by Gasteiger charge is -2.09. The molecule has 1 amide bonds. The largest absolute Gasteiger partial charge is 0.494 e. The van der Waals surface area contributed by atoms with E-state index < -0.39 is 11.9 Å². The van der Waals surface area contributed by atoms with Gasteiger partial charge in [-0.2, -0.15) is 0 Å². The number of thiophene rings is 2. The number of carbonyl (C=O) groups is 2. The van der Waals surface area contributed by atoms with Gasteiger partial charge in [-0.15, -0.1) is 22.7 Å². The monoisotopic (exact) mass is 587 g/mol. The highest BCUT2D eigenvalue weighted by molar-refractivity contribution is 7.21. The molecule has 8 nitrogen and oxygen atoms in total. The average molecular weight is 588 g/mol. The van der Waals surface area contributed by atoms with Crippen molar-refractivity contribution < 1.29 is 19.1 Å². The zero-order chi connectivity index (χ0) is 28.9. The molecule has 0 radical (unpaired) electrons. The first-order valence-corrected chi connectivity index (χ1v) is 15.0. The Balaban J connectivity index is 1.45. The van der Waals surface area contributed by atoms with Crippen molar-refractivity contribution in [2.24, 2.45) is 0 Å². The van der Waals surface area contributed by atoms with Gasteiger partial charge in [0.2, 0.25) is 0 Å². The summed E-state index contributed by atoms with van der Waals surface area (Å²) in [5, 5.41) is 5.52. The SMILES string of the molecule is CCCOc1ccc(-c2csc(NC(=O)c3sc4ncn(Cc5ccccc5)c(=O)c4c3C)c2C(=O)OCC)cc1. The number of hydrogen-bond donors (Lipinski definition) is 1. The van der Waals surface area contributed by atoms with Gasteiger partial charge in [-0.1, -0.05) is 49.4 Å². The maximum absolute atomic E-state index is 13.5. The van der Waals surface area contributed by atoms with E-state index >= 15 is 0 Å². The molecule has 0 aliphatic carbocycles. The Bertz CT molecular complexity index is 1750. The smallest absolute Gasteiger partial charge is 0.341 e. The van der Waals surface area contributed by atoms with Crippen LogP contribution in [0.25, 0.3) is 21.3 Å². The van der Waals surface area contributed by atoms with Crippen LogP contribution in [-0.4, -0.2) is 34.6 Å². The Morgan fingerprint density at radius 1 is 1.05 bits per heavy atom. The Morgan fingerprint density at radius 2 is 1.80 bits per heavy atom. The topological polar surface area (TPSA) is 99.5 Å². The zero-order valence-electron chi connectivity index (χ0n) is 22.9. The lowest BCUT2D eigenvalue weighted by Crippen LogP contribution is -2.21. The number of aryl methyl sites for hydroxylation is 1. The van der Waals surface area contributed by atoms with Gasteiger partial charge in [-0.25, -0.2) is 9.78 Å². The molecule has 0 spiro atoms. The molecule has 5 rings (SSSR count). The first-order valence-electron chi connectivity index (χ1n) is 13.3. The highest BCUT2D eigenvalue weighted by Crippen LogP contribution is 2.38. The van der Waals surface area contributed by atoms with Gasteiger partial charge in [-0.3, -0.25) is 14.2 Å². The van der Waals surface area contributed by atoms with Crippen molar-refractivity contribution in [3.05, 3.63) is 98.2 Å². The first kappa shape index (κ1) is 28.3. The Kier molecular flexibility index (Phi) is 8.61. The van der Waals surface area contributed by atoms with Crippen molar-refractivity contribution in [1.82, 2.24) is 9.55 Å². The molecule has 41 heavy (non-hydrogen) atoms. The minimum Gasteiger partial charge on any atom is -0.494 e. The van der Waals surface area contributed by atoms with E-state index in [1.807, 2.05) is 66.9 Å².